The van der Waals surface area contributed by atoms with Gasteiger partial charge in [0.2, 0.25) is 0 Å². The van der Waals surface area contributed by atoms with Gasteiger partial charge in [0.1, 0.15) is 11.5 Å². The van der Waals surface area contributed by atoms with E-state index in [-0.39, 0.29) is 0 Å². The van der Waals surface area contributed by atoms with Crippen LogP contribution in [0.5, 0.6) is 11.5 Å². The summed E-state index contributed by atoms with van der Waals surface area (Å²) < 4.78 is 7.04. The lowest BCUT2D eigenvalue weighted by atomic mass is 9.65. The average molecular weight is 823 g/mol. The molecule has 1 aliphatic heterocycles. The fourth-order valence-corrected chi connectivity index (χ4v) is 12.8. The van der Waals surface area contributed by atoms with E-state index in [4.69, 9.17) is 4.74 Å². The van der Waals surface area contributed by atoms with Gasteiger partial charge in [-0.25, -0.2) is 0 Å². The Balaban J connectivity index is 0.922. The van der Waals surface area contributed by atoms with Crippen molar-refractivity contribution in [1.29, 1.82) is 0 Å². The van der Waals surface area contributed by atoms with E-state index >= 15 is 0 Å². The molecule has 11 aromatic carbocycles. The van der Waals surface area contributed by atoms with Crippen molar-refractivity contribution in [1.82, 2.24) is 0 Å². The smallest absolute Gasteiger partial charge is 0.140 e. The van der Waals surface area contributed by atoms with E-state index < -0.39 is 10.8 Å². The standard InChI is InChI=1S/C64H38O/c1-2-16-43-40(15-1)34-36-57-61(43)50-22-8-12-26-55(50)64(57)54-25-11-7-20-47(54)48-35-33-42(37-58(48)64)39-29-31-41(32-30-39)51-38-59-62(49-21-4-3-17-44(49)51)65-60-28-14-13-27-56(60)63(59)52-23-9-5-18-45(52)46-19-6-10-24-53(46)63/h1-38H. The van der Waals surface area contributed by atoms with Gasteiger partial charge in [-0.05, 0) is 123 Å². The first kappa shape index (κ1) is 35.2. The normalized spacial score (nSPS) is 16.0. The summed E-state index contributed by atoms with van der Waals surface area (Å²) in [6, 6.07) is 86.1. The van der Waals surface area contributed by atoms with E-state index in [2.05, 4.69) is 231 Å². The van der Waals surface area contributed by atoms with Gasteiger partial charge < -0.3 is 4.74 Å². The van der Waals surface area contributed by atoms with Gasteiger partial charge in [0.05, 0.1) is 10.8 Å². The number of para-hydroxylation sites is 1. The average Bonchev–Trinajstić information content (AvgIpc) is 3.97. The second kappa shape index (κ2) is 12.7. The van der Waals surface area contributed by atoms with Crippen molar-refractivity contribution < 1.29 is 4.74 Å². The van der Waals surface area contributed by atoms with Crippen molar-refractivity contribution in [2.24, 2.45) is 0 Å². The molecule has 0 bridgehead atoms. The lowest BCUT2D eigenvalue weighted by molar-refractivity contribution is 0.442. The van der Waals surface area contributed by atoms with Crippen LogP contribution in [0.2, 0.25) is 0 Å². The molecule has 1 nitrogen and oxygen atoms in total. The lowest BCUT2D eigenvalue weighted by Crippen LogP contribution is -2.32. The molecule has 3 aliphatic carbocycles. The van der Waals surface area contributed by atoms with Crippen LogP contribution in [0.3, 0.4) is 0 Å². The maximum Gasteiger partial charge on any atom is 0.140 e. The summed E-state index contributed by atoms with van der Waals surface area (Å²) in [5, 5.41) is 4.88. The Morgan fingerprint density at radius 1 is 0.262 bits per heavy atom. The maximum atomic E-state index is 7.04. The molecule has 1 heteroatoms. The van der Waals surface area contributed by atoms with E-state index in [9.17, 15) is 0 Å². The van der Waals surface area contributed by atoms with Gasteiger partial charge in [-0.1, -0.05) is 212 Å². The highest BCUT2D eigenvalue weighted by Crippen LogP contribution is 2.65. The van der Waals surface area contributed by atoms with Crippen LogP contribution in [0.1, 0.15) is 44.5 Å². The van der Waals surface area contributed by atoms with Crippen LogP contribution >= 0.6 is 0 Å². The second-order valence-corrected chi connectivity index (χ2v) is 18.2. The minimum Gasteiger partial charge on any atom is -0.456 e. The van der Waals surface area contributed by atoms with Gasteiger partial charge in [-0.3, -0.25) is 0 Å². The molecule has 0 amide bonds. The number of benzene rings is 11. The Morgan fingerprint density at radius 3 is 1.45 bits per heavy atom. The van der Waals surface area contributed by atoms with Crippen molar-refractivity contribution in [2.75, 3.05) is 0 Å². The van der Waals surface area contributed by atoms with Crippen molar-refractivity contribution >= 4 is 21.5 Å². The van der Waals surface area contributed by atoms with Crippen LogP contribution in [0.25, 0.3) is 77.2 Å². The topological polar surface area (TPSA) is 9.23 Å². The SMILES string of the molecule is c1ccc2c(c1)Oc1c(cc(-c3ccc(-c4ccc5c(c4)C4(c6ccccc6-5)c5ccccc5-c5c4ccc4ccccc54)cc3)c3ccccc13)C21c2ccccc2-c2ccccc21. The van der Waals surface area contributed by atoms with E-state index in [1.165, 1.54) is 116 Å². The number of hydrogen-bond donors (Lipinski definition) is 0. The van der Waals surface area contributed by atoms with E-state index in [0.29, 0.717) is 0 Å². The molecule has 0 saturated carbocycles. The largest absolute Gasteiger partial charge is 0.456 e. The summed E-state index contributed by atoms with van der Waals surface area (Å²) in [5.74, 6) is 1.84. The zero-order chi connectivity index (χ0) is 42.4. The van der Waals surface area contributed by atoms with E-state index in [1.54, 1.807) is 0 Å². The predicted molar refractivity (Wildman–Crippen MR) is 266 cm³/mol. The van der Waals surface area contributed by atoms with Crippen molar-refractivity contribution in [3.8, 4) is 67.1 Å². The van der Waals surface area contributed by atoms with Crippen LogP contribution in [0.4, 0.5) is 0 Å². The predicted octanol–water partition coefficient (Wildman–Crippen LogP) is 16.1. The minimum absolute atomic E-state index is 0.423. The second-order valence-electron chi connectivity index (χ2n) is 18.2. The zero-order valence-electron chi connectivity index (χ0n) is 35.3. The molecule has 4 aliphatic rings. The fourth-order valence-electron chi connectivity index (χ4n) is 12.8. The number of hydrogen-bond acceptors (Lipinski definition) is 1. The van der Waals surface area contributed by atoms with Crippen LogP contribution in [-0.4, -0.2) is 0 Å². The lowest BCUT2D eigenvalue weighted by Gasteiger charge is -2.40. The zero-order valence-corrected chi connectivity index (χ0v) is 35.3. The molecule has 0 fully saturated rings. The third-order valence-electron chi connectivity index (χ3n) is 15.4. The van der Waals surface area contributed by atoms with E-state index in [0.717, 1.165) is 16.9 Å². The molecule has 1 atom stereocenters. The number of ether oxygens (including phenoxy) is 1. The minimum atomic E-state index is -0.544. The Hall–Kier alpha value is -8.26. The van der Waals surface area contributed by atoms with Crippen molar-refractivity contribution in [3.05, 3.63) is 275 Å². The molecular weight excluding hydrogens is 785 g/mol. The third-order valence-corrected chi connectivity index (χ3v) is 15.4. The van der Waals surface area contributed by atoms with Gasteiger partial charge in [-0.2, -0.15) is 0 Å². The number of fused-ring (bicyclic) bond motifs is 23. The first-order valence-electron chi connectivity index (χ1n) is 22.7. The van der Waals surface area contributed by atoms with Gasteiger partial charge in [0, 0.05) is 16.5 Å². The summed E-state index contributed by atoms with van der Waals surface area (Å²) in [5.41, 5.74) is 22.1. The Bertz CT molecular complexity index is 3820. The Morgan fingerprint density at radius 2 is 0.754 bits per heavy atom. The molecule has 0 radical (unpaired) electrons. The molecular formula is C64H38O. The molecule has 0 saturated heterocycles. The van der Waals surface area contributed by atoms with Crippen LogP contribution in [0, 0.1) is 0 Å². The fraction of sp³-hybridized carbons (Fsp3) is 0.0312. The monoisotopic (exact) mass is 822 g/mol. The first-order chi connectivity index (χ1) is 32.2. The first-order valence-corrected chi connectivity index (χ1v) is 22.7. The summed E-state index contributed by atoms with van der Waals surface area (Å²) in [7, 11) is 0. The highest BCUT2D eigenvalue weighted by atomic mass is 16.5. The Kier molecular flexibility index (Phi) is 6.88. The molecule has 1 unspecified atom stereocenters. The highest BCUT2D eigenvalue weighted by molar-refractivity contribution is 6.07. The van der Waals surface area contributed by atoms with Gasteiger partial charge >= 0.3 is 0 Å². The van der Waals surface area contributed by atoms with Crippen LogP contribution in [-0.2, 0) is 10.8 Å². The van der Waals surface area contributed by atoms with Crippen LogP contribution < -0.4 is 4.74 Å². The summed E-state index contributed by atoms with van der Waals surface area (Å²) in [6.45, 7) is 0. The van der Waals surface area contributed by atoms with Gasteiger partial charge in [0.15, 0.2) is 0 Å². The summed E-state index contributed by atoms with van der Waals surface area (Å²) >= 11 is 0. The van der Waals surface area contributed by atoms with Gasteiger partial charge in [-0.15, -0.1) is 0 Å². The molecule has 15 rings (SSSR count). The van der Waals surface area contributed by atoms with Crippen molar-refractivity contribution in [2.45, 2.75) is 10.8 Å². The van der Waals surface area contributed by atoms with Crippen molar-refractivity contribution in [3.63, 3.8) is 0 Å². The third kappa shape index (κ3) is 4.33. The summed E-state index contributed by atoms with van der Waals surface area (Å²) in [4.78, 5) is 0. The van der Waals surface area contributed by atoms with E-state index in [1.807, 2.05) is 0 Å². The quantitative estimate of drug-likeness (QED) is 0.169. The Labute approximate surface area is 377 Å². The van der Waals surface area contributed by atoms with Gasteiger partial charge in [0.25, 0.3) is 0 Å². The molecule has 2 spiro atoms. The molecule has 1 heterocycles. The molecule has 300 valence electrons. The number of rotatable bonds is 2. The molecule has 0 aromatic heterocycles. The summed E-state index contributed by atoms with van der Waals surface area (Å²) in [6.07, 6.45) is 0. The molecule has 0 N–H and O–H groups in total. The highest BCUT2D eigenvalue weighted by Gasteiger charge is 2.53. The molecule has 65 heavy (non-hydrogen) atoms. The molecule has 11 aromatic rings. The van der Waals surface area contributed by atoms with Crippen LogP contribution in [0.15, 0.2) is 231 Å². The maximum absolute atomic E-state index is 7.04.